The molecule has 5 rings (SSSR count). The number of hydrogen-bond donors (Lipinski definition) is 1. The van der Waals surface area contributed by atoms with Gasteiger partial charge in [0, 0.05) is 36.9 Å². The minimum Gasteiger partial charge on any atom is -0.468 e. The van der Waals surface area contributed by atoms with Crippen molar-refractivity contribution < 1.29 is 19.1 Å². The molecule has 27 heavy (non-hydrogen) atoms. The number of carbonyl (C=O) groups is 2. The fourth-order valence-corrected chi connectivity index (χ4v) is 5.88. The largest absolute Gasteiger partial charge is 0.468 e. The predicted molar refractivity (Wildman–Crippen MR) is 99.0 cm³/mol. The molecule has 0 amide bonds. The molecule has 1 N–H and O–H groups in total. The second-order valence-corrected chi connectivity index (χ2v) is 7.75. The van der Waals surface area contributed by atoms with Crippen LogP contribution in [0.3, 0.4) is 0 Å². The Kier molecular flexibility index (Phi) is 3.35. The van der Waals surface area contributed by atoms with Gasteiger partial charge in [0.05, 0.1) is 25.2 Å². The van der Waals surface area contributed by atoms with Crippen LogP contribution < -0.4 is 5.32 Å². The van der Waals surface area contributed by atoms with Crippen LogP contribution in [0.15, 0.2) is 47.7 Å². The van der Waals surface area contributed by atoms with E-state index in [2.05, 4.69) is 16.3 Å². The standard InChI is InChI=1S/C21H22N2O4/c1-26-17(24)13-12-20(19(25)27-2)8-5-10-23-11-9-21(18(20)23)14-6-3-4-7-15(14)22-16(13)21/h3-8,18,22H,9-12H2,1-2H3/t18-,20+,21-/m0/s1. The minimum absolute atomic E-state index is 0.0815. The summed E-state index contributed by atoms with van der Waals surface area (Å²) in [4.78, 5) is 28.2. The lowest BCUT2D eigenvalue weighted by atomic mass is 9.56. The molecule has 0 aromatic heterocycles. The van der Waals surface area contributed by atoms with E-state index in [4.69, 9.17) is 9.47 Å². The Morgan fingerprint density at radius 3 is 2.81 bits per heavy atom. The number of rotatable bonds is 2. The Balaban J connectivity index is 1.84. The zero-order chi connectivity index (χ0) is 18.8. The fraction of sp³-hybridized carbons (Fsp3) is 0.429. The Hall–Kier alpha value is -2.60. The first-order valence-electron chi connectivity index (χ1n) is 9.27. The van der Waals surface area contributed by atoms with Crippen LogP contribution in [0.4, 0.5) is 5.69 Å². The third kappa shape index (κ3) is 1.84. The van der Waals surface area contributed by atoms with Gasteiger partial charge in [-0.25, -0.2) is 4.79 Å². The summed E-state index contributed by atoms with van der Waals surface area (Å²) in [5, 5.41) is 3.50. The smallest absolute Gasteiger partial charge is 0.335 e. The van der Waals surface area contributed by atoms with Gasteiger partial charge in [-0.05, 0) is 18.1 Å². The van der Waals surface area contributed by atoms with Crippen LogP contribution in [0, 0.1) is 5.41 Å². The Morgan fingerprint density at radius 1 is 1.22 bits per heavy atom. The third-order valence-corrected chi connectivity index (χ3v) is 6.75. The number of para-hydroxylation sites is 1. The van der Waals surface area contributed by atoms with Crippen molar-refractivity contribution in [3.63, 3.8) is 0 Å². The van der Waals surface area contributed by atoms with Crippen LogP contribution in [0.5, 0.6) is 0 Å². The number of anilines is 1. The van der Waals surface area contributed by atoms with Crippen LogP contribution in [-0.4, -0.2) is 50.2 Å². The second kappa shape index (κ2) is 5.45. The van der Waals surface area contributed by atoms with Gasteiger partial charge in [0.25, 0.3) is 0 Å². The maximum absolute atomic E-state index is 13.1. The molecule has 6 nitrogen and oxygen atoms in total. The lowest BCUT2D eigenvalue weighted by Gasteiger charge is -2.51. The van der Waals surface area contributed by atoms with Crippen LogP contribution in [-0.2, 0) is 24.5 Å². The molecular weight excluding hydrogens is 344 g/mol. The number of ether oxygens (including phenoxy) is 2. The van der Waals surface area contributed by atoms with Crippen molar-refractivity contribution in [1.29, 1.82) is 0 Å². The topological polar surface area (TPSA) is 67.9 Å². The number of nitrogens with zero attached hydrogens (tertiary/aromatic N) is 1. The van der Waals surface area contributed by atoms with E-state index < -0.39 is 10.8 Å². The Morgan fingerprint density at radius 2 is 2.04 bits per heavy atom. The number of methoxy groups -OCH3 is 2. The van der Waals surface area contributed by atoms with Gasteiger partial charge in [-0.15, -0.1) is 0 Å². The van der Waals surface area contributed by atoms with Gasteiger partial charge in [0.1, 0.15) is 5.41 Å². The molecule has 4 aliphatic rings. The molecule has 6 heteroatoms. The molecule has 1 aromatic carbocycles. The number of nitrogens with one attached hydrogen (secondary N) is 1. The molecular formula is C21H22N2O4. The van der Waals surface area contributed by atoms with Gasteiger partial charge in [-0.2, -0.15) is 0 Å². The van der Waals surface area contributed by atoms with Gasteiger partial charge >= 0.3 is 11.9 Å². The number of fused-ring (bicyclic) bond motifs is 1. The molecule has 0 unspecified atom stereocenters. The summed E-state index contributed by atoms with van der Waals surface area (Å²) in [7, 11) is 2.81. The fourth-order valence-electron chi connectivity index (χ4n) is 5.88. The van der Waals surface area contributed by atoms with Crippen molar-refractivity contribution in [2.45, 2.75) is 24.3 Å². The summed E-state index contributed by atoms with van der Waals surface area (Å²) in [5.41, 5.74) is 2.28. The summed E-state index contributed by atoms with van der Waals surface area (Å²) in [5.74, 6) is -0.677. The molecule has 1 aliphatic carbocycles. The Labute approximate surface area is 157 Å². The van der Waals surface area contributed by atoms with Crippen molar-refractivity contribution >= 4 is 17.6 Å². The van der Waals surface area contributed by atoms with E-state index >= 15 is 0 Å². The summed E-state index contributed by atoms with van der Waals surface area (Å²) in [6.07, 6.45) is 5.12. The van der Waals surface area contributed by atoms with Crippen molar-refractivity contribution in [2.75, 3.05) is 32.6 Å². The quantitative estimate of drug-likeness (QED) is 0.638. The number of hydrogen-bond acceptors (Lipinski definition) is 6. The lowest BCUT2D eigenvalue weighted by molar-refractivity contribution is -0.155. The molecule has 1 saturated heterocycles. The van der Waals surface area contributed by atoms with Gasteiger partial charge in [0.15, 0.2) is 0 Å². The summed E-state index contributed by atoms with van der Waals surface area (Å²) < 4.78 is 10.4. The Bertz CT molecular complexity index is 921. The van der Waals surface area contributed by atoms with Crippen molar-refractivity contribution in [1.82, 2.24) is 4.90 Å². The highest BCUT2D eigenvalue weighted by atomic mass is 16.5. The van der Waals surface area contributed by atoms with Gasteiger partial charge in [-0.3, -0.25) is 9.69 Å². The van der Waals surface area contributed by atoms with E-state index in [1.165, 1.54) is 14.2 Å². The highest BCUT2D eigenvalue weighted by molar-refractivity contribution is 5.96. The molecule has 3 atom stereocenters. The van der Waals surface area contributed by atoms with Gasteiger partial charge in [0.2, 0.25) is 0 Å². The number of esters is 2. The molecule has 0 bridgehead atoms. The molecule has 1 fully saturated rings. The predicted octanol–water partition coefficient (Wildman–Crippen LogP) is 1.98. The minimum atomic E-state index is -0.893. The first-order chi connectivity index (χ1) is 13.1. The molecule has 0 saturated carbocycles. The summed E-state index contributed by atoms with van der Waals surface area (Å²) >= 11 is 0. The van der Waals surface area contributed by atoms with Gasteiger partial charge in [-0.1, -0.05) is 30.4 Å². The lowest BCUT2D eigenvalue weighted by Crippen LogP contribution is -2.61. The van der Waals surface area contributed by atoms with E-state index in [9.17, 15) is 9.59 Å². The molecule has 3 aliphatic heterocycles. The highest BCUT2D eigenvalue weighted by Crippen LogP contribution is 2.63. The first kappa shape index (κ1) is 16.6. The zero-order valence-corrected chi connectivity index (χ0v) is 15.5. The average Bonchev–Trinajstić information content (AvgIpc) is 3.27. The number of benzene rings is 1. The van der Waals surface area contributed by atoms with Crippen molar-refractivity contribution in [3.05, 3.63) is 53.3 Å². The van der Waals surface area contributed by atoms with E-state index in [1.54, 1.807) is 0 Å². The zero-order valence-electron chi connectivity index (χ0n) is 15.5. The van der Waals surface area contributed by atoms with Crippen molar-refractivity contribution in [3.8, 4) is 0 Å². The van der Waals surface area contributed by atoms with Crippen LogP contribution in [0.1, 0.15) is 18.4 Å². The van der Waals surface area contributed by atoms with Crippen LogP contribution in [0.2, 0.25) is 0 Å². The molecule has 1 aromatic rings. The monoisotopic (exact) mass is 366 g/mol. The maximum Gasteiger partial charge on any atom is 0.335 e. The van der Waals surface area contributed by atoms with Gasteiger partial charge < -0.3 is 14.8 Å². The normalized spacial score (nSPS) is 33.0. The number of carbonyl (C=O) groups excluding carboxylic acids is 2. The van der Waals surface area contributed by atoms with E-state index in [0.29, 0.717) is 5.57 Å². The first-order valence-corrected chi connectivity index (χ1v) is 9.27. The van der Waals surface area contributed by atoms with Crippen molar-refractivity contribution in [2.24, 2.45) is 5.41 Å². The summed E-state index contributed by atoms with van der Waals surface area (Å²) in [6, 6.07) is 8.07. The SMILES string of the molecule is COC(=O)C1=C2Nc3ccccc3[C@@]23CCN2CC=C[C@@](C(=O)OC)(C1)[C@H]23. The average molecular weight is 366 g/mol. The van der Waals surface area contributed by atoms with E-state index in [1.807, 2.05) is 30.4 Å². The maximum atomic E-state index is 13.1. The molecule has 140 valence electrons. The van der Waals surface area contributed by atoms with Crippen LogP contribution in [0.25, 0.3) is 0 Å². The molecule has 0 radical (unpaired) electrons. The van der Waals surface area contributed by atoms with E-state index in [0.717, 1.165) is 36.5 Å². The third-order valence-electron chi connectivity index (χ3n) is 6.75. The summed E-state index contributed by atoms with van der Waals surface area (Å²) in [6.45, 7) is 1.66. The van der Waals surface area contributed by atoms with Crippen LogP contribution >= 0.6 is 0 Å². The second-order valence-electron chi connectivity index (χ2n) is 7.75. The van der Waals surface area contributed by atoms with E-state index in [-0.39, 0.29) is 24.4 Å². The highest BCUT2D eigenvalue weighted by Gasteiger charge is 2.68. The molecule has 1 spiro atoms. The molecule has 3 heterocycles.